The smallest absolute Gasteiger partial charge is 0.335 e. The minimum Gasteiger partial charge on any atom is -0.478 e. The second-order valence-electron chi connectivity index (χ2n) is 5.29. The molecule has 0 amide bonds. The van der Waals surface area contributed by atoms with Crippen LogP contribution in [0.25, 0.3) is 11.1 Å². The van der Waals surface area contributed by atoms with E-state index in [1.54, 1.807) is 11.8 Å². The molecule has 0 atom stereocenters. The Morgan fingerprint density at radius 2 is 1.19 bits per heavy atom. The molecule has 3 aromatic rings. The number of thioether (sulfide) groups is 1. The average molecular weight is 366 g/mol. The summed E-state index contributed by atoms with van der Waals surface area (Å²) in [6, 6.07) is 24.3. The van der Waals surface area contributed by atoms with Crippen LogP contribution in [0.3, 0.4) is 0 Å². The van der Waals surface area contributed by atoms with Gasteiger partial charge in [-0.3, -0.25) is 0 Å². The highest BCUT2D eigenvalue weighted by Crippen LogP contribution is 2.22. The van der Waals surface area contributed by atoms with Gasteiger partial charge in [-0.2, -0.15) is 0 Å². The summed E-state index contributed by atoms with van der Waals surface area (Å²) in [6.45, 7) is 0. The molecule has 4 nitrogen and oxygen atoms in total. The molecule has 3 rings (SSSR count). The number of carboxylic acid groups (broad SMARTS) is 2. The van der Waals surface area contributed by atoms with E-state index in [2.05, 4.69) is 54.8 Å². The van der Waals surface area contributed by atoms with Gasteiger partial charge in [0.1, 0.15) is 0 Å². The summed E-state index contributed by atoms with van der Waals surface area (Å²) in [4.78, 5) is 22.1. The van der Waals surface area contributed by atoms with Gasteiger partial charge in [0.2, 0.25) is 0 Å². The van der Waals surface area contributed by atoms with Gasteiger partial charge < -0.3 is 10.2 Å². The molecule has 0 aliphatic rings. The topological polar surface area (TPSA) is 74.6 Å². The third kappa shape index (κ3) is 5.50. The molecule has 132 valence electrons. The molecule has 5 heteroatoms. The molecule has 0 aromatic heterocycles. The van der Waals surface area contributed by atoms with Crippen LogP contribution >= 0.6 is 11.8 Å². The third-order valence-electron chi connectivity index (χ3n) is 3.55. The van der Waals surface area contributed by atoms with E-state index in [-0.39, 0.29) is 11.1 Å². The summed E-state index contributed by atoms with van der Waals surface area (Å²) in [5.74, 6) is -2.25. The van der Waals surface area contributed by atoms with Crippen LogP contribution in [0.15, 0.2) is 83.8 Å². The zero-order valence-corrected chi connectivity index (χ0v) is 14.9. The lowest BCUT2D eigenvalue weighted by molar-refractivity contribution is 0.0696. The van der Waals surface area contributed by atoms with Crippen LogP contribution in [0, 0.1) is 0 Å². The number of benzene rings is 3. The maximum atomic E-state index is 10.4. The second-order valence-corrected chi connectivity index (χ2v) is 6.17. The van der Waals surface area contributed by atoms with Gasteiger partial charge in [0.25, 0.3) is 0 Å². The van der Waals surface area contributed by atoms with Crippen molar-refractivity contribution >= 4 is 23.7 Å². The molecule has 3 aromatic carbocycles. The van der Waals surface area contributed by atoms with Gasteiger partial charge in [0.15, 0.2) is 0 Å². The van der Waals surface area contributed by atoms with Gasteiger partial charge in [-0.25, -0.2) is 9.59 Å². The summed E-state index contributed by atoms with van der Waals surface area (Å²) in [6.07, 6.45) is 2.09. The van der Waals surface area contributed by atoms with Crippen molar-refractivity contribution in [1.29, 1.82) is 0 Å². The van der Waals surface area contributed by atoms with Crippen molar-refractivity contribution < 1.29 is 19.8 Å². The zero-order chi connectivity index (χ0) is 18.9. The van der Waals surface area contributed by atoms with Crippen molar-refractivity contribution in [3.63, 3.8) is 0 Å². The highest BCUT2D eigenvalue weighted by atomic mass is 32.2. The first-order valence-electron chi connectivity index (χ1n) is 7.77. The fraction of sp³-hybridized carbons (Fsp3) is 0.0476. The van der Waals surface area contributed by atoms with Crippen molar-refractivity contribution in [3.05, 3.63) is 90.0 Å². The molecule has 0 fully saturated rings. The number of rotatable bonds is 4. The third-order valence-corrected chi connectivity index (χ3v) is 4.30. The monoisotopic (exact) mass is 366 g/mol. The predicted octanol–water partition coefficient (Wildman–Crippen LogP) is 5.16. The van der Waals surface area contributed by atoms with Crippen LogP contribution in [0.1, 0.15) is 20.7 Å². The van der Waals surface area contributed by atoms with Crippen LogP contribution in [0.4, 0.5) is 0 Å². The Balaban J connectivity index is 0.000000190. The summed E-state index contributed by atoms with van der Waals surface area (Å²) in [5.41, 5.74) is 2.52. The van der Waals surface area contributed by atoms with E-state index in [4.69, 9.17) is 10.2 Å². The number of hydrogen-bond acceptors (Lipinski definition) is 3. The molecular formula is C21H18O4S. The van der Waals surface area contributed by atoms with Crippen LogP contribution in [0.2, 0.25) is 0 Å². The van der Waals surface area contributed by atoms with E-state index in [0.717, 1.165) is 6.07 Å². The normalized spacial score (nSPS) is 9.73. The van der Waals surface area contributed by atoms with E-state index in [0.29, 0.717) is 0 Å². The Labute approximate surface area is 156 Å². The first kappa shape index (κ1) is 19.3. The fourth-order valence-electron chi connectivity index (χ4n) is 2.20. The van der Waals surface area contributed by atoms with Gasteiger partial charge in [0.05, 0.1) is 11.1 Å². The lowest BCUT2D eigenvalue weighted by Gasteiger charge is -2.01. The quantitative estimate of drug-likeness (QED) is 0.624. The molecule has 0 heterocycles. The zero-order valence-electron chi connectivity index (χ0n) is 14.1. The first-order chi connectivity index (χ1) is 12.5. The van der Waals surface area contributed by atoms with Crippen molar-refractivity contribution in [2.45, 2.75) is 4.90 Å². The molecule has 0 unspecified atom stereocenters. The predicted molar refractivity (Wildman–Crippen MR) is 104 cm³/mol. The van der Waals surface area contributed by atoms with E-state index >= 15 is 0 Å². The number of carbonyl (C=O) groups is 2. The van der Waals surface area contributed by atoms with Crippen LogP contribution in [-0.2, 0) is 0 Å². The van der Waals surface area contributed by atoms with Gasteiger partial charge >= 0.3 is 11.9 Å². The molecule has 0 aliphatic carbocycles. The van der Waals surface area contributed by atoms with Gasteiger partial charge in [-0.05, 0) is 47.7 Å². The molecule has 2 N–H and O–H groups in total. The molecule has 0 aliphatic heterocycles. The molecule has 26 heavy (non-hydrogen) atoms. The Hall–Kier alpha value is -3.05. The first-order valence-corrected chi connectivity index (χ1v) is 9.00. The summed E-state index contributed by atoms with van der Waals surface area (Å²) in [5, 5.41) is 17.0. The average Bonchev–Trinajstić information content (AvgIpc) is 2.69. The fourth-order valence-corrected chi connectivity index (χ4v) is 2.61. The van der Waals surface area contributed by atoms with Crippen molar-refractivity contribution in [3.8, 4) is 11.1 Å². The summed E-state index contributed by atoms with van der Waals surface area (Å²) in [7, 11) is 0. The number of carboxylic acids is 2. The summed E-state index contributed by atoms with van der Waals surface area (Å²) >= 11 is 1.77. The van der Waals surface area contributed by atoms with Crippen molar-refractivity contribution in [1.82, 2.24) is 0 Å². The highest BCUT2D eigenvalue weighted by molar-refractivity contribution is 7.98. The van der Waals surface area contributed by atoms with Crippen LogP contribution < -0.4 is 0 Å². The largest absolute Gasteiger partial charge is 0.478 e. The van der Waals surface area contributed by atoms with Gasteiger partial charge in [0, 0.05) is 4.90 Å². The number of hydrogen-bond donors (Lipinski definition) is 2. The Bertz CT molecular complexity index is 845. The lowest BCUT2D eigenvalue weighted by Crippen LogP contribution is -2.01. The van der Waals surface area contributed by atoms with E-state index in [1.807, 2.05) is 6.07 Å². The summed E-state index contributed by atoms with van der Waals surface area (Å²) < 4.78 is 0. The highest BCUT2D eigenvalue weighted by Gasteiger charge is 2.06. The van der Waals surface area contributed by atoms with Crippen molar-refractivity contribution in [2.24, 2.45) is 0 Å². The molecular weight excluding hydrogens is 348 g/mol. The maximum Gasteiger partial charge on any atom is 0.335 e. The minimum atomic E-state index is -1.13. The standard InChI is InChI=1S/C13H12S.C8H6O4/c1-14-13-9-7-12(8-10-13)11-5-3-2-4-6-11;9-7(10)5-2-1-3-6(4-5)8(11)12/h2-10H,1H3;1-4H,(H,9,10)(H,11,12). The lowest BCUT2D eigenvalue weighted by atomic mass is 10.1. The molecule has 0 saturated heterocycles. The molecule has 0 bridgehead atoms. The van der Waals surface area contributed by atoms with E-state index in [1.165, 1.54) is 34.2 Å². The number of aromatic carboxylic acids is 2. The van der Waals surface area contributed by atoms with E-state index < -0.39 is 11.9 Å². The van der Waals surface area contributed by atoms with Gasteiger partial charge in [-0.15, -0.1) is 11.8 Å². The van der Waals surface area contributed by atoms with Crippen LogP contribution in [-0.4, -0.2) is 28.4 Å². The molecule has 0 saturated carbocycles. The maximum absolute atomic E-state index is 10.4. The molecule has 0 spiro atoms. The Morgan fingerprint density at radius 3 is 1.65 bits per heavy atom. The Kier molecular flexibility index (Phi) is 7.00. The van der Waals surface area contributed by atoms with Crippen LogP contribution in [0.5, 0.6) is 0 Å². The van der Waals surface area contributed by atoms with Crippen molar-refractivity contribution in [2.75, 3.05) is 6.26 Å². The minimum absolute atomic E-state index is 0.0186. The Morgan fingerprint density at radius 1 is 0.692 bits per heavy atom. The van der Waals surface area contributed by atoms with Gasteiger partial charge in [-0.1, -0.05) is 48.5 Å². The molecule has 0 radical (unpaired) electrons. The second kappa shape index (κ2) is 9.44. The SMILES string of the molecule is CSc1ccc(-c2ccccc2)cc1.O=C(O)c1cccc(C(=O)O)c1. The van der Waals surface area contributed by atoms with E-state index in [9.17, 15) is 9.59 Å².